The molecule has 0 aliphatic rings. The Bertz CT molecular complexity index is 410. The molecule has 1 aromatic rings. The van der Waals surface area contributed by atoms with Gasteiger partial charge < -0.3 is 22.9 Å². The summed E-state index contributed by atoms with van der Waals surface area (Å²) >= 11 is 0. The highest BCUT2D eigenvalue weighted by molar-refractivity contribution is 7.79. The lowest BCUT2D eigenvalue weighted by Crippen LogP contribution is -2.05. The van der Waals surface area contributed by atoms with Gasteiger partial charge in [0, 0.05) is 0 Å². The predicted molar refractivity (Wildman–Crippen MR) is 56.1 cm³/mol. The van der Waals surface area contributed by atoms with E-state index < -0.39 is 10.4 Å². The molecule has 1 rings (SSSR count). The van der Waals surface area contributed by atoms with Crippen LogP contribution >= 0.6 is 0 Å². The number of hydrogen-bond donors (Lipinski definition) is 6. The standard InChI is InChI=1S/C5H9N5.H2O4S/c6-2-1-10-5(9)4(8)3(2)7;1-5(2,3)4/h1H,6,8H2,(H4,7,9,10);(H2,1,2,3,4). The van der Waals surface area contributed by atoms with Crippen LogP contribution in [0, 0.1) is 0 Å². The highest BCUT2D eigenvalue weighted by atomic mass is 32.3. The zero-order valence-electron chi connectivity index (χ0n) is 7.45. The van der Waals surface area contributed by atoms with Crippen molar-refractivity contribution in [2.24, 2.45) is 0 Å². The molecule has 1 aromatic heterocycles. The molecule has 0 aliphatic heterocycles. The van der Waals surface area contributed by atoms with Crippen molar-refractivity contribution in [2.75, 3.05) is 22.9 Å². The van der Waals surface area contributed by atoms with Gasteiger partial charge in [-0.25, -0.2) is 4.98 Å². The van der Waals surface area contributed by atoms with Crippen LogP contribution in [0.2, 0.25) is 0 Å². The van der Waals surface area contributed by atoms with Crippen molar-refractivity contribution >= 4 is 33.3 Å². The number of pyridine rings is 1. The maximum atomic E-state index is 8.74. The fourth-order valence-corrected chi connectivity index (χ4v) is 0.572. The van der Waals surface area contributed by atoms with E-state index in [1.54, 1.807) is 0 Å². The van der Waals surface area contributed by atoms with Gasteiger partial charge in [-0.3, -0.25) is 9.11 Å². The summed E-state index contributed by atoms with van der Waals surface area (Å²) in [5.74, 6) is 0.215. The Morgan fingerprint density at radius 2 is 1.47 bits per heavy atom. The van der Waals surface area contributed by atoms with Crippen LogP contribution in [0.3, 0.4) is 0 Å². The molecule has 0 unspecified atom stereocenters. The van der Waals surface area contributed by atoms with Crippen LogP contribution < -0.4 is 22.9 Å². The molecule has 0 aromatic carbocycles. The summed E-state index contributed by atoms with van der Waals surface area (Å²) in [5, 5.41) is 0. The highest BCUT2D eigenvalue weighted by Crippen LogP contribution is 2.24. The maximum absolute atomic E-state index is 8.74. The van der Waals surface area contributed by atoms with Crippen molar-refractivity contribution in [1.29, 1.82) is 0 Å². The first-order valence-electron chi connectivity index (χ1n) is 3.37. The van der Waals surface area contributed by atoms with Gasteiger partial charge in [-0.2, -0.15) is 8.42 Å². The molecule has 10 heteroatoms. The van der Waals surface area contributed by atoms with Crippen molar-refractivity contribution < 1.29 is 17.5 Å². The van der Waals surface area contributed by atoms with Crippen LogP contribution in [0.5, 0.6) is 0 Å². The summed E-state index contributed by atoms with van der Waals surface area (Å²) < 4.78 is 31.6. The molecular formula is C5H11N5O4S. The van der Waals surface area contributed by atoms with Crippen molar-refractivity contribution in [3.8, 4) is 0 Å². The number of nitrogens with zero attached hydrogens (tertiary/aromatic N) is 1. The van der Waals surface area contributed by atoms with Gasteiger partial charge in [0.2, 0.25) is 0 Å². The molecule has 0 spiro atoms. The zero-order chi connectivity index (χ0) is 12.2. The van der Waals surface area contributed by atoms with E-state index in [0.29, 0.717) is 11.4 Å². The molecule has 0 atom stereocenters. The van der Waals surface area contributed by atoms with Gasteiger partial charge >= 0.3 is 10.4 Å². The Morgan fingerprint density at radius 3 is 1.80 bits per heavy atom. The van der Waals surface area contributed by atoms with E-state index in [0.717, 1.165) is 0 Å². The molecule has 9 nitrogen and oxygen atoms in total. The van der Waals surface area contributed by atoms with E-state index in [-0.39, 0.29) is 11.5 Å². The third-order valence-corrected chi connectivity index (χ3v) is 1.22. The van der Waals surface area contributed by atoms with E-state index in [2.05, 4.69) is 4.98 Å². The first-order valence-corrected chi connectivity index (χ1v) is 4.77. The van der Waals surface area contributed by atoms with Crippen LogP contribution in [0.15, 0.2) is 6.20 Å². The fraction of sp³-hybridized carbons (Fsp3) is 0. The molecule has 15 heavy (non-hydrogen) atoms. The maximum Gasteiger partial charge on any atom is 0.394 e. The molecule has 0 fully saturated rings. The summed E-state index contributed by atoms with van der Waals surface area (Å²) in [5.41, 5.74) is 22.4. The van der Waals surface area contributed by atoms with E-state index in [4.69, 9.17) is 40.5 Å². The largest absolute Gasteiger partial charge is 0.396 e. The Labute approximate surface area is 85.6 Å². The molecule has 0 bridgehead atoms. The Kier molecular flexibility index (Phi) is 4.08. The molecule has 0 amide bonds. The monoisotopic (exact) mass is 237 g/mol. The first kappa shape index (κ1) is 13.2. The van der Waals surface area contributed by atoms with Crippen LogP contribution in [0.25, 0.3) is 0 Å². The molecule has 0 aliphatic carbocycles. The third-order valence-electron chi connectivity index (χ3n) is 1.22. The number of aromatic nitrogens is 1. The average Bonchev–Trinajstić information content (AvgIpc) is 2.05. The number of nitrogens with two attached hydrogens (primary N) is 4. The van der Waals surface area contributed by atoms with Crippen LogP contribution in [0.4, 0.5) is 22.9 Å². The minimum atomic E-state index is -4.67. The lowest BCUT2D eigenvalue weighted by molar-refractivity contribution is 0.381. The van der Waals surface area contributed by atoms with E-state index in [9.17, 15) is 0 Å². The van der Waals surface area contributed by atoms with Crippen molar-refractivity contribution in [1.82, 2.24) is 4.98 Å². The summed E-state index contributed by atoms with van der Waals surface area (Å²) in [4.78, 5) is 3.69. The molecule has 10 N–H and O–H groups in total. The normalized spacial score (nSPS) is 10.3. The van der Waals surface area contributed by atoms with Gasteiger partial charge in [0.05, 0.1) is 23.3 Å². The first-order chi connectivity index (χ1) is 6.63. The van der Waals surface area contributed by atoms with Gasteiger partial charge in [0.1, 0.15) is 5.82 Å². The summed E-state index contributed by atoms with van der Waals surface area (Å²) in [6.07, 6.45) is 1.38. The Hall–Kier alpha value is -1.78. The summed E-state index contributed by atoms with van der Waals surface area (Å²) in [6.45, 7) is 0. The van der Waals surface area contributed by atoms with Crippen LogP contribution in [-0.4, -0.2) is 22.5 Å². The van der Waals surface area contributed by atoms with Gasteiger partial charge in [-0.15, -0.1) is 0 Å². The average molecular weight is 237 g/mol. The minimum absolute atomic E-state index is 0.215. The Morgan fingerprint density at radius 1 is 1.07 bits per heavy atom. The second-order valence-electron chi connectivity index (χ2n) is 2.37. The van der Waals surface area contributed by atoms with Gasteiger partial charge in [-0.05, 0) is 0 Å². The Balaban J connectivity index is 0.000000336. The quantitative estimate of drug-likeness (QED) is 0.299. The van der Waals surface area contributed by atoms with E-state index in [1.165, 1.54) is 6.20 Å². The van der Waals surface area contributed by atoms with Crippen LogP contribution in [-0.2, 0) is 10.4 Å². The van der Waals surface area contributed by atoms with Crippen LogP contribution in [0.1, 0.15) is 0 Å². The molecule has 0 saturated heterocycles. The molecule has 86 valence electrons. The smallest absolute Gasteiger partial charge is 0.394 e. The van der Waals surface area contributed by atoms with E-state index in [1.807, 2.05) is 0 Å². The second kappa shape index (κ2) is 4.63. The minimum Gasteiger partial charge on any atom is -0.396 e. The number of rotatable bonds is 0. The molecular weight excluding hydrogens is 226 g/mol. The zero-order valence-corrected chi connectivity index (χ0v) is 8.27. The third kappa shape index (κ3) is 5.51. The van der Waals surface area contributed by atoms with Gasteiger partial charge in [0.25, 0.3) is 0 Å². The number of hydrogen-bond acceptors (Lipinski definition) is 7. The second-order valence-corrected chi connectivity index (χ2v) is 3.27. The summed E-state index contributed by atoms with van der Waals surface area (Å²) in [6, 6.07) is 0. The molecule has 0 saturated carbocycles. The molecule has 0 radical (unpaired) electrons. The number of anilines is 4. The van der Waals surface area contributed by atoms with Gasteiger partial charge in [0.15, 0.2) is 0 Å². The van der Waals surface area contributed by atoms with E-state index >= 15 is 0 Å². The lowest BCUT2D eigenvalue weighted by atomic mass is 10.3. The summed E-state index contributed by atoms with van der Waals surface area (Å²) in [7, 11) is -4.67. The van der Waals surface area contributed by atoms with Crippen molar-refractivity contribution in [2.45, 2.75) is 0 Å². The topological polar surface area (TPSA) is 192 Å². The predicted octanol–water partition coefficient (Wildman–Crippen LogP) is -1.24. The molecule has 1 heterocycles. The SMILES string of the molecule is Nc1cnc(N)c(N)c1N.O=S(=O)(O)O. The highest BCUT2D eigenvalue weighted by Gasteiger charge is 2.02. The fourth-order valence-electron chi connectivity index (χ4n) is 0.572. The van der Waals surface area contributed by atoms with Crippen molar-refractivity contribution in [3.63, 3.8) is 0 Å². The number of nitrogen functional groups attached to an aromatic ring is 4. The van der Waals surface area contributed by atoms with Gasteiger partial charge in [-0.1, -0.05) is 0 Å². The lowest BCUT2D eigenvalue weighted by Gasteiger charge is -2.04. The van der Waals surface area contributed by atoms with Crippen molar-refractivity contribution in [3.05, 3.63) is 6.20 Å².